The first-order valence-corrected chi connectivity index (χ1v) is 14.0. The second-order valence-corrected chi connectivity index (χ2v) is 13.5. The van der Waals surface area contributed by atoms with Crippen molar-refractivity contribution in [2.75, 3.05) is 6.61 Å². The summed E-state index contributed by atoms with van der Waals surface area (Å²) in [6, 6.07) is 10.0. The molecule has 0 saturated carbocycles. The maximum Gasteiger partial charge on any atom is 0.330 e. The van der Waals surface area contributed by atoms with Crippen LogP contribution in [-0.2, 0) is 30.3 Å². The van der Waals surface area contributed by atoms with Crippen molar-refractivity contribution in [3.63, 3.8) is 0 Å². The highest BCUT2D eigenvalue weighted by molar-refractivity contribution is 6.83. The Morgan fingerprint density at radius 1 is 1.27 bits per heavy atom. The Balaban J connectivity index is 2.18. The summed E-state index contributed by atoms with van der Waals surface area (Å²) in [5.41, 5.74) is 4.50. The zero-order chi connectivity index (χ0) is 22.2. The van der Waals surface area contributed by atoms with Gasteiger partial charge in [0.2, 0.25) is 0 Å². The molecule has 1 aromatic rings. The number of rotatable bonds is 7. The van der Waals surface area contributed by atoms with E-state index in [1.54, 1.807) is 13.0 Å². The van der Waals surface area contributed by atoms with Crippen LogP contribution < -0.4 is 0 Å². The van der Waals surface area contributed by atoms with Crippen LogP contribution >= 0.6 is 0 Å². The minimum absolute atomic E-state index is 0.279. The van der Waals surface area contributed by atoms with Crippen molar-refractivity contribution >= 4 is 14.0 Å². The highest BCUT2D eigenvalue weighted by Crippen LogP contribution is 2.30. The Hall–Kier alpha value is -1.91. The van der Waals surface area contributed by atoms with Crippen LogP contribution in [0.3, 0.4) is 0 Å². The second-order valence-electron chi connectivity index (χ2n) is 8.80. The highest BCUT2D eigenvalue weighted by Gasteiger charge is 2.38. The predicted octanol–water partition coefficient (Wildman–Crippen LogP) is 4.48. The maximum absolute atomic E-state index is 11.7. The minimum Gasteiger partial charge on any atom is -0.463 e. The number of hydrogen-bond acceptors (Lipinski definition) is 5. The molecule has 6 heteroatoms. The van der Waals surface area contributed by atoms with Gasteiger partial charge < -0.3 is 18.9 Å². The van der Waals surface area contributed by atoms with Gasteiger partial charge in [-0.15, -0.1) is 5.54 Å². The van der Waals surface area contributed by atoms with Crippen LogP contribution in [0.5, 0.6) is 0 Å². The lowest BCUT2D eigenvalue weighted by molar-refractivity contribution is -0.303. The Morgan fingerprint density at radius 2 is 1.97 bits per heavy atom. The molecule has 5 nitrogen and oxygen atoms in total. The van der Waals surface area contributed by atoms with Gasteiger partial charge in [0.15, 0.2) is 5.79 Å². The molecule has 30 heavy (non-hydrogen) atoms. The number of carbonyl (C=O) groups excluding carboxylic acids is 1. The van der Waals surface area contributed by atoms with Crippen LogP contribution in [0.4, 0.5) is 0 Å². The van der Waals surface area contributed by atoms with E-state index in [2.05, 4.69) is 31.1 Å². The molecule has 1 aliphatic heterocycles. The summed E-state index contributed by atoms with van der Waals surface area (Å²) in [7, 11) is -1.59. The van der Waals surface area contributed by atoms with Crippen LogP contribution in [0, 0.1) is 11.5 Å². The number of carbonyl (C=O) groups is 1. The van der Waals surface area contributed by atoms with E-state index in [0.29, 0.717) is 19.6 Å². The van der Waals surface area contributed by atoms with Crippen molar-refractivity contribution in [3.05, 3.63) is 48.0 Å². The molecular weight excluding hydrogens is 396 g/mol. The first-order valence-electron chi connectivity index (χ1n) is 10.5. The molecule has 2 rings (SSSR count). The van der Waals surface area contributed by atoms with Gasteiger partial charge in [-0.2, -0.15) is 0 Å². The summed E-state index contributed by atoms with van der Waals surface area (Å²) >= 11 is 0. The van der Waals surface area contributed by atoms with Gasteiger partial charge in [0.25, 0.3) is 0 Å². The molecule has 0 bridgehead atoms. The van der Waals surface area contributed by atoms with Gasteiger partial charge in [-0.3, -0.25) is 0 Å². The summed E-state index contributed by atoms with van der Waals surface area (Å²) in [6.45, 7) is 12.9. The Bertz CT molecular complexity index is 770. The van der Waals surface area contributed by atoms with Crippen LogP contribution in [0.15, 0.2) is 42.5 Å². The summed E-state index contributed by atoms with van der Waals surface area (Å²) in [6.07, 6.45) is 2.73. The van der Waals surface area contributed by atoms with Gasteiger partial charge >= 0.3 is 5.97 Å². The molecule has 1 fully saturated rings. The maximum atomic E-state index is 11.7. The standard InChI is InChI=1S/C24H34O5Si/c1-7-26-23(25)14-13-20-17-22(29-24(2,3)28-20)21(15-16-30(4,5)6)27-18-19-11-9-8-10-12-19/h8-14,20-22H,7,17-18H2,1-6H3/b14-13+/t20-,21-,22+/m0/s1. The van der Waals surface area contributed by atoms with E-state index >= 15 is 0 Å². The van der Waals surface area contributed by atoms with Crippen molar-refractivity contribution in [1.29, 1.82) is 0 Å². The lowest BCUT2D eigenvalue weighted by Gasteiger charge is -2.41. The molecule has 0 unspecified atom stereocenters. The van der Waals surface area contributed by atoms with Crippen LogP contribution in [-0.4, -0.2) is 44.7 Å². The molecule has 3 atom stereocenters. The predicted molar refractivity (Wildman–Crippen MR) is 120 cm³/mol. The summed E-state index contributed by atoms with van der Waals surface area (Å²) in [4.78, 5) is 11.7. The zero-order valence-electron chi connectivity index (χ0n) is 18.9. The average molecular weight is 431 g/mol. The smallest absolute Gasteiger partial charge is 0.330 e. The number of ether oxygens (including phenoxy) is 4. The molecule has 164 valence electrons. The largest absolute Gasteiger partial charge is 0.463 e. The molecule has 0 aliphatic carbocycles. The van der Waals surface area contributed by atoms with Gasteiger partial charge in [-0.1, -0.05) is 55.9 Å². The van der Waals surface area contributed by atoms with E-state index in [-0.39, 0.29) is 18.2 Å². The van der Waals surface area contributed by atoms with E-state index in [0.717, 1.165) is 5.56 Å². The molecule has 1 aromatic carbocycles. The van der Waals surface area contributed by atoms with E-state index in [1.807, 2.05) is 44.2 Å². The lowest BCUT2D eigenvalue weighted by atomic mass is 10.0. The quantitative estimate of drug-likeness (QED) is 0.276. The van der Waals surface area contributed by atoms with Crippen molar-refractivity contribution in [1.82, 2.24) is 0 Å². The Labute approximate surface area is 181 Å². The van der Waals surface area contributed by atoms with E-state index in [1.165, 1.54) is 6.08 Å². The molecule has 0 aromatic heterocycles. The van der Waals surface area contributed by atoms with Crippen LogP contribution in [0.2, 0.25) is 19.6 Å². The molecule has 1 aliphatic rings. The van der Waals surface area contributed by atoms with Crippen molar-refractivity contribution in [2.45, 2.75) is 77.5 Å². The van der Waals surface area contributed by atoms with E-state index < -0.39 is 20.0 Å². The lowest BCUT2D eigenvalue weighted by Crippen LogP contribution is -2.48. The third-order valence-corrected chi connectivity index (χ3v) is 5.16. The van der Waals surface area contributed by atoms with Crippen LogP contribution in [0.1, 0.15) is 32.8 Å². The summed E-state index contributed by atoms with van der Waals surface area (Å²) < 4.78 is 23.4. The van der Waals surface area contributed by atoms with Crippen molar-refractivity contribution in [2.24, 2.45) is 0 Å². The molecule has 0 amide bonds. The zero-order valence-corrected chi connectivity index (χ0v) is 19.9. The number of hydrogen-bond donors (Lipinski definition) is 0. The van der Waals surface area contributed by atoms with Gasteiger partial charge in [-0.05, 0) is 32.4 Å². The average Bonchev–Trinajstić information content (AvgIpc) is 2.65. The van der Waals surface area contributed by atoms with Crippen LogP contribution in [0.25, 0.3) is 0 Å². The normalized spacial score (nSPS) is 22.2. The van der Waals surface area contributed by atoms with Crippen molar-refractivity contribution in [3.8, 4) is 11.5 Å². The van der Waals surface area contributed by atoms with Gasteiger partial charge in [0.1, 0.15) is 20.3 Å². The first-order chi connectivity index (χ1) is 14.1. The molecule has 0 radical (unpaired) electrons. The highest BCUT2D eigenvalue weighted by atomic mass is 28.3. The van der Waals surface area contributed by atoms with Gasteiger partial charge in [0, 0.05) is 12.5 Å². The SMILES string of the molecule is CCOC(=O)/C=C/[C@H]1C[C@H]([C@H](C#C[Si](C)(C)C)OCc2ccccc2)OC(C)(C)O1. The fourth-order valence-electron chi connectivity index (χ4n) is 3.05. The minimum atomic E-state index is -1.59. The molecule has 0 N–H and O–H groups in total. The van der Waals surface area contributed by atoms with E-state index in [9.17, 15) is 4.79 Å². The number of benzene rings is 1. The first kappa shape index (κ1) is 24.4. The third-order valence-electron chi connectivity index (χ3n) is 4.27. The summed E-state index contributed by atoms with van der Waals surface area (Å²) in [5.74, 6) is 2.14. The molecular formula is C24H34O5Si. The fourth-order valence-corrected chi connectivity index (χ4v) is 3.63. The monoisotopic (exact) mass is 430 g/mol. The second kappa shape index (κ2) is 10.9. The van der Waals surface area contributed by atoms with Crippen molar-refractivity contribution < 1.29 is 23.7 Å². The fraction of sp³-hybridized carbons (Fsp3) is 0.542. The molecule has 1 heterocycles. The van der Waals surface area contributed by atoms with E-state index in [4.69, 9.17) is 18.9 Å². The third kappa shape index (κ3) is 8.84. The van der Waals surface area contributed by atoms with Gasteiger partial charge in [-0.25, -0.2) is 4.79 Å². The van der Waals surface area contributed by atoms with Gasteiger partial charge in [0.05, 0.1) is 19.3 Å². The molecule has 0 spiro atoms. The summed E-state index contributed by atoms with van der Waals surface area (Å²) in [5, 5.41) is 0. The Kier molecular flexibility index (Phi) is 8.87. The Morgan fingerprint density at radius 3 is 2.60 bits per heavy atom. The molecule has 1 saturated heterocycles. The topological polar surface area (TPSA) is 54.0 Å². The number of esters is 1.